The molecule has 0 bridgehead atoms. The first-order valence-electron chi connectivity index (χ1n) is 9.32. The Bertz CT molecular complexity index is 1290. The van der Waals surface area contributed by atoms with E-state index in [0.29, 0.717) is 4.68 Å². The highest BCUT2D eigenvalue weighted by molar-refractivity contribution is 7.92. The van der Waals surface area contributed by atoms with Crippen molar-refractivity contribution < 1.29 is 36.9 Å². The van der Waals surface area contributed by atoms with Crippen LogP contribution in [-0.2, 0) is 16.4 Å². The van der Waals surface area contributed by atoms with E-state index in [4.69, 9.17) is 9.84 Å². The normalized spacial score (nSPS) is 13.0. The zero-order valence-corrected chi connectivity index (χ0v) is 18.5. The lowest BCUT2D eigenvalue weighted by Crippen LogP contribution is -2.30. The van der Waals surface area contributed by atoms with Gasteiger partial charge >= 0.3 is 5.97 Å². The molecule has 13 heteroatoms. The number of aromatic nitrogens is 4. The summed E-state index contributed by atoms with van der Waals surface area (Å²) in [5.41, 5.74) is -0.0922. The van der Waals surface area contributed by atoms with Crippen molar-refractivity contribution in [3.05, 3.63) is 30.2 Å². The Hall–Kier alpha value is -3.06. The van der Waals surface area contributed by atoms with Gasteiger partial charge in [-0.05, 0) is 20.8 Å². The van der Waals surface area contributed by atoms with Crippen LogP contribution in [0.15, 0.2) is 29.4 Å². The fourth-order valence-corrected chi connectivity index (χ4v) is 4.28. The molecule has 3 aromatic rings. The summed E-state index contributed by atoms with van der Waals surface area (Å²) in [7, 11) is -2.53. The smallest absolute Gasteiger partial charge is 0.354 e. The van der Waals surface area contributed by atoms with Crippen LogP contribution in [-0.4, -0.2) is 68.2 Å². The Morgan fingerprint density at radius 2 is 1.91 bits per heavy atom. The third-order valence-corrected chi connectivity index (χ3v) is 7.26. The number of sulfone groups is 1. The van der Waals surface area contributed by atoms with Crippen molar-refractivity contribution in [2.24, 2.45) is 0 Å². The second-order valence-corrected chi connectivity index (χ2v) is 10.8. The van der Waals surface area contributed by atoms with Crippen LogP contribution >= 0.6 is 0 Å². The molecule has 10 nitrogen and oxygen atoms in total. The number of ether oxygens (including phenoxy) is 1. The number of rotatable bonds is 7. The van der Waals surface area contributed by atoms with Gasteiger partial charge in [0, 0.05) is 18.3 Å². The van der Waals surface area contributed by atoms with Crippen molar-refractivity contribution in [2.45, 2.75) is 42.9 Å². The van der Waals surface area contributed by atoms with Gasteiger partial charge in [0.05, 0.1) is 23.7 Å². The summed E-state index contributed by atoms with van der Waals surface area (Å²) >= 11 is 0. The zero-order chi connectivity index (χ0) is 24.1. The van der Waals surface area contributed by atoms with Gasteiger partial charge in [0.1, 0.15) is 40.8 Å². The van der Waals surface area contributed by atoms with E-state index in [1.54, 1.807) is 0 Å². The fraction of sp³-hybridized carbons (Fsp3) is 0.421. The van der Waals surface area contributed by atoms with E-state index in [1.807, 2.05) is 0 Å². The number of carboxylic acid groups (broad SMARTS) is 1. The van der Waals surface area contributed by atoms with Crippen LogP contribution in [0.3, 0.4) is 0 Å². The predicted molar refractivity (Wildman–Crippen MR) is 109 cm³/mol. The molecule has 2 N–H and O–H groups in total. The lowest BCUT2D eigenvalue weighted by atomic mass is 10.3. The summed E-state index contributed by atoms with van der Waals surface area (Å²) in [4.78, 5) is 15.6. The molecule has 0 aliphatic carbocycles. The van der Waals surface area contributed by atoms with Crippen molar-refractivity contribution in [3.8, 4) is 17.1 Å². The minimum atomic E-state index is -3.85. The highest BCUT2D eigenvalue weighted by atomic mass is 32.2. The molecule has 0 fully saturated rings. The largest absolute Gasteiger partial charge is 0.495 e. The van der Waals surface area contributed by atoms with Crippen molar-refractivity contribution in [1.29, 1.82) is 0 Å². The monoisotopic (exact) mass is 472 g/mol. The molecule has 0 aliphatic rings. The van der Waals surface area contributed by atoms with Crippen LogP contribution in [0.25, 0.3) is 17.0 Å². The molecule has 3 rings (SSSR count). The van der Waals surface area contributed by atoms with Gasteiger partial charge in [0.2, 0.25) is 0 Å². The van der Waals surface area contributed by atoms with E-state index in [0.717, 1.165) is 6.07 Å². The topological polar surface area (TPSA) is 136 Å². The van der Waals surface area contributed by atoms with Gasteiger partial charge in [-0.25, -0.2) is 27.0 Å². The van der Waals surface area contributed by atoms with Crippen LogP contribution in [0.4, 0.5) is 8.78 Å². The summed E-state index contributed by atoms with van der Waals surface area (Å²) in [5, 5.41) is 22.1. The number of aromatic carboxylic acids is 1. The third-order valence-electron chi connectivity index (χ3n) is 4.76. The van der Waals surface area contributed by atoms with Gasteiger partial charge in [-0.1, -0.05) is 0 Å². The number of imidazole rings is 1. The molecule has 174 valence electrons. The van der Waals surface area contributed by atoms with Gasteiger partial charge in [0.15, 0.2) is 9.84 Å². The average Bonchev–Trinajstić information content (AvgIpc) is 3.29. The number of hydrogen-bond donors (Lipinski definition) is 2. The summed E-state index contributed by atoms with van der Waals surface area (Å²) in [6.07, 6.45) is 2.59. The number of methoxy groups -OCH3 is 1. The van der Waals surface area contributed by atoms with Crippen LogP contribution in [0.2, 0.25) is 0 Å². The molecule has 0 aliphatic heterocycles. The Balaban J connectivity index is 2.23. The summed E-state index contributed by atoms with van der Waals surface area (Å²) in [5.74, 6) is -5.01. The number of alkyl halides is 2. The SMILES string of the molecule is COc1cc2ncc(-c3cc(C(=O)O)n(CC(F)(F)CO)n3)n2cc1S(=O)(=O)C(C)(C)C. The number of fused-ring (bicyclic) bond motifs is 1. The maximum Gasteiger partial charge on any atom is 0.354 e. The Morgan fingerprint density at radius 1 is 1.25 bits per heavy atom. The van der Waals surface area contributed by atoms with Gasteiger partial charge in [-0.3, -0.25) is 9.08 Å². The van der Waals surface area contributed by atoms with Crippen LogP contribution < -0.4 is 4.74 Å². The minimum Gasteiger partial charge on any atom is -0.495 e. The van der Waals surface area contributed by atoms with E-state index in [2.05, 4.69) is 10.1 Å². The standard InChI is InChI=1S/C19H22F2N4O6S/c1-18(2,3)32(29,30)15-8-24-13(7-22-16(24)6-14(15)31-4)11-5-12(17(27)28)25(23-11)9-19(20,21)10-26/h5-8,26H,9-10H2,1-4H3,(H,27,28). The lowest BCUT2D eigenvalue weighted by molar-refractivity contribution is -0.0655. The molecular formula is C19H22F2N4O6S. The first kappa shape index (κ1) is 23.6. The molecule has 0 radical (unpaired) electrons. The molecule has 0 spiro atoms. The van der Waals surface area contributed by atoms with E-state index < -0.39 is 45.3 Å². The highest BCUT2D eigenvalue weighted by Gasteiger charge is 2.35. The molecular weight excluding hydrogens is 450 g/mol. The third kappa shape index (κ3) is 4.05. The summed E-state index contributed by atoms with van der Waals surface area (Å²) < 4.78 is 59.5. The zero-order valence-electron chi connectivity index (χ0n) is 17.7. The van der Waals surface area contributed by atoms with Gasteiger partial charge in [0.25, 0.3) is 5.92 Å². The quantitative estimate of drug-likeness (QED) is 0.534. The maximum atomic E-state index is 13.7. The van der Waals surface area contributed by atoms with Crippen molar-refractivity contribution in [2.75, 3.05) is 13.7 Å². The van der Waals surface area contributed by atoms with E-state index in [-0.39, 0.29) is 27.7 Å². The first-order chi connectivity index (χ1) is 14.7. The second-order valence-electron chi connectivity index (χ2n) is 8.09. The predicted octanol–water partition coefficient (Wildman–Crippen LogP) is 2.10. The number of aliphatic hydroxyl groups excluding tert-OH is 1. The number of halogens is 2. The Morgan fingerprint density at radius 3 is 2.44 bits per heavy atom. The Labute approximate surface area is 182 Å². The molecule has 3 heterocycles. The van der Waals surface area contributed by atoms with Gasteiger partial charge in [-0.15, -0.1) is 0 Å². The van der Waals surface area contributed by atoms with Crippen LogP contribution in [0, 0.1) is 0 Å². The summed E-state index contributed by atoms with van der Waals surface area (Å²) in [6.45, 7) is 1.96. The molecule has 0 amide bonds. The van der Waals surface area contributed by atoms with E-state index in [1.165, 1.54) is 50.7 Å². The van der Waals surface area contributed by atoms with E-state index >= 15 is 0 Å². The second kappa shape index (κ2) is 7.81. The van der Waals surface area contributed by atoms with Crippen molar-refractivity contribution in [3.63, 3.8) is 0 Å². The molecule has 3 aromatic heterocycles. The molecule has 0 unspecified atom stereocenters. The minimum absolute atomic E-state index is 0.0205. The molecule has 0 saturated carbocycles. The van der Waals surface area contributed by atoms with E-state index in [9.17, 15) is 27.1 Å². The van der Waals surface area contributed by atoms with Crippen molar-refractivity contribution in [1.82, 2.24) is 19.2 Å². The van der Waals surface area contributed by atoms with Crippen LogP contribution in [0.5, 0.6) is 5.75 Å². The molecule has 0 aromatic carbocycles. The number of nitrogens with zero attached hydrogens (tertiary/aromatic N) is 4. The maximum absolute atomic E-state index is 13.7. The number of carbonyl (C=O) groups is 1. The fourth-order valence-electron chi connectivity index (χ4n) is 2.97. The number of aliphatic hydroxyl groups is 1. The van der Waals surface area contributed by atoms with Gasteiger partial charge in [-0.2, -0.15) is 5.10 Å². The molecule has 0 atom stereocenters. The highest BCUT2D eigenvalue weighted by Crippen LogP contribution is 2.34. The van der Waals surface area contributed by atoms with Crippen molar-refractivity contribution >= 4 is 21.5 Å². The Kier molecular flexibility index (Phi) is 5.76. The molecule has 32 heavy (non-hydrogen) atoms. The summed E-state index contributed by atoms with van der Waals surface area (Å²) in [6, 6.07) is 2.47. The lowest BCUT2D eigenvalue weighted by Gasteiger charge is -2.21. The number of pyridine rings is 1. The van der Waals surface area contributed by atoms with Gasteiger partial charge < -0.3 is 14.9 Å². The number of carboxylic acids is 1. The van der Waals surface area contributed by atoms with Crippen LogP contribution in [0.1, 0.15) is 31.3 Å². The number of hydrogen-bond acceptors (Lipinski definition) is 7. The first-order valence-corrected chi connectivity index (χ1v) is 10.8. The molecule has 0 saturated heterocycles. The average molecular weight is 472 g/mol.